The number of hydrogen-bond donors (Lipinski definition) is 1. The van der Waals surface area contributed by atoms with Gasteiger partial charge in [0, 0.05) is 30.4 Å². The van der Waals surface area contributed by atoms with E-state index in [1.54, 1.807) is 14.2 Å². The minimum Gasteiger partial charge on any atom is -0.493 e. The molecule has 1 aliphatic carbocycles. The number of anilines is 2. The Hall–Kier alpha value is -2.69. The lowest BCUT2D eigenvalue weighted by molar-refractivity contribution is -0.122. The molecule has 0 atom stereocenters. The SMILES string of the molecule is COc1cc2c(cc1OC)CN(c1ccc(NC(=O)C3CCC3)cc1)CC2. The Morgan fingerprint density at radius 2 is 1.70 bits per heavy atom. The Morgan fingerprint density at radius 1 is 1.04 bits per heavy atom. The Bertz CT molecular complexity index is 828. The number of fused-ring (bicyclic) bond motifs is 1. The molecular formula is C22H26N2O3. The Balaban J connectivity index is 1.46. The van der Waals surface area contributed by atoms with Crippen LogP contribution in [0.15, 0.2) is 36.4 Å². The molecule has 1 N–H and O–H groups in total. The predicted octanol–water partition coefficient (Wildman–Crippen LogP) is 4.01. The van der Waals surface area contributed by atoms with E-state index in [9.17, 15) is 4.79 Å². The monoisotopic (exact) mass is 366 g/mol. The minimum absolute atomic E-state index is 0.155. The summed E-state index contributed by atoms with van der Waals surface area (Å²) in [4.78, 5) is 14.4. The van der Waals surface area contributed by atoms with Gasteiger partial charge in [-0.3, -0.25) is 4.79 Å². The number of benzene rings is 2. The summed E-state index contributed by atoms with van der Waals surface area (Å²) in [5, 5.41) is 3.03. The standard InChI is InChI=1S/C22H26N2O3/c1-26-20-12-16-10-11-24(14-17(16)13-21(20)27-2)19-8-6-18(7-9-19)23-22(25)15-4-3-5-15/h6-9,12-13,15H,3-5,10-11,14H2,1-2H3,(H,23,25). The molecule has 0 aromatic heterocycles. The van der Waals surface area contributed by atoms with Gasteiger partial charge in [0.15, 0.2) is 11.5 Å². The molecule has 1 aliphatic heterocycles. The highest BCUT2D eigenvalue weighted by molar-refractivity contribution is 5.93. The number of nitrogens with one attached hydrogen (secondary N) is 1. The van der Waals surface area contributed by atoms with E-state index in [4.69, 9.17) is 9.47 Å². The maximum atomic E-state index is 12.1. The van der Waals surface area contributed by atoms with Crippen molar-refractivity contribution in [2.45, 2.75) is 32.2 Å². The summed E-state index contributed by atoms with van der Waals surface area (Å²) in [6.07, 6.45) is 4.18. The zero-order valence-electron chi connectivity index (χ0n) is 16.0. The summed E-state index contributed by atoms with van der Waals surface area (Å²) in [5.41, 5.74) is 4.62. The van der Waals surface area contributed by atoms with Gasteiger partial charge in [0.05, 0.1) is 14.2 Å². The van der Waals surface area contributed by atoms with Crippen molar-refractivity contribution in [2.75, 3.05) is 31.0 Å². The number of amides is 1. The second-order valence-corrected chi connectivity index (χ2v) is 7.31. The lowest BCUT2D eigenvalue weighted by atomic mass is 9.85. The Kier molecular flexibility index (Phi) is 4.92. The molecule has 0 bridgehead atoms. The van der Waals surface area contributed by atoms with Crippen LogP contribution < -0.4 is 19.7 Å². The van der Waals surface area contributed by atoms with Crippen LogP contribution in [0, 0.1) is 5.92 Å². The maximum Gasteiger partial charge on any atom is 0.227 e. The van der Waals surface area contributed by atoms with E-state index in [1.165, 1.54) is 17.5 Å². The second kappa shape index (κ2) is 7.51. The van der Waals surface area contributed by atoms with Gasteiger partial charge in [0.2, 0.25) is 5.91 Å². The molecule has 27 heavy (non-hydrogen) atoms. The van der Waals surface area contributed by atoms with Crippen molar-refractivity contribution in [3.8, 4) is 11.5 Å². The first-order valence-corrected chi connectivity index (χ1v) is 9.57. The molecule has 1 heterocycles. The molecule has 0 unspecified atom stereocenters. The fraction of sp³-hybridized carbons (Fsp3) is 0.409. The zero-order valence-corrected chi connectivity index (χ0v) is 16.0. The van der Waals surface area contributed by atoms with Crippen molar-refractivity contribution in [1.82, 2.24) is 0 Å². The Labute approximate surface area is 160 Å². The van der Waals surface area contributed by atoms with Gasteiger partial charge in [0.25, 0.3) is 0 Å². The number of rotatable bonds is 5. The van der Waals surface area contributed by atoms with Crippen LogP contribution in [0.2, 0.25) is 0 Å². The third-order valence-corrected chi connectivity index (χ3v) is 5.69. The van der Waals surface area contributed by atoms with Crippen LogP contribution in [-0.2, 0) is 17.8 Å². The van der Waals surface area contributed by atoms with Crippen molar-refractivity contribution >= 4 is 17.3 Å². The molecule has 1 fully saturated rings. The summed E-state index contributed by atoms with van der Waals surface area (Å²) in [5.74, 6) is 1.92. The number of carbonyl (C=O) groups is 1. The van der Waals surface area contributed by atoms with Gasteiger partial charge >= 0.3 is 0 Å². The molecule has 5 heteroatoms. The van der Waals surface area contributed by atoms with E-state index in [1.807, 2.05) is 12.1 Å². The molecule has 0 spiro atoms. The lowest BCUT2D eigenvalue weighted by Gasteiger charge is -2.31. The van der Waals surface area contributed by atoms with Crippen LogP contribution in [-0.4, -0.2) is 26.7 Å². The van der Waals surface area contributed by atoms with Gasteiger partial charge in [-0.15, -0.1) is 0 Å². The molecule has 142 valence electrons. The molecule has 2 aromatic rings. The van der Waals surface area contributed by atoms with Crippen LogP contribution in [0.25, 0.3) is 0 Å². The summed E-state index contributed by atoms with van der Waals surface area (Å²) < 4.78 is 10.9. The second-order valence-electron chi connectivity index (χ2n) is 7.31. The van der Waals surface area contributed by atoms with Crippen LogP contribution in [0.5, 0.6) is 11.5 Å². The van der Waals surface area contributed by atoms with Crippen LogP contribution in [0.1, 0.15) is 30.4 Å². The maximum absolute atomic E-state index is 12.1. The van der Waals surface area contributed by atoms with E-state index < -0.39 is 0 Å². The van der Waals surface area contributed by atoms with Crippen LogP contribution in [0.4, 0.5) is 11.4 Å². The van der Waals surface area contributed by atoms with E-state index >= 15 is 0 Å². The Morgan fingerprint density at radius 3 is 2.30 bits per heavy atom. The first-order valence-electron chi connectivity index (χ1n) is 9.57. The van der Waals surface area contributed by atoms with Crippen LogP contribution in [0.3, 0.4) is 0 Å². The highest BCUT2D eigenvalue weighted by Gasteiger charge is 2.25. The van der Waals surface area contributed by atoms with E-state index in [2.05, 4.69) is 34.5 Å². The first kappa shape index (κ1) is 17.7. The quantitative estimate of drug-likeness (QED) is 0.869. The number of hydrogen-bond acceptors (Lipinski definition) is 4. The van der Waals surface area contributed by atoms with Gasteiger partial charge in [-0.1, -0.05) is 6.42 Å². The fourth-order valence-electron chi connectivity index (χ4n) is 3.77. The van der Waals surface area contributed by atoms with Gasteiger partial charge in [-0.05, 0) is 66.8 Å². The minimum atomic E-state index is 0.155. The fourth-order valence-corrected chi connectivity index (χ4v) is 3.77. The normalized spacial score (nSPS) is 16.3. The zero-order chi connectivity index (χ0) is 18.8. The average Bonchev–Trinajstić information content (AvgIpc) is 2.65. The smallest absolute Gasteiger partial charge is 0.227 e. The third kappa shape index (κ3) is 3.59. The van der Waals surface area contributed by atoms with E-state index in [-0.39, 0.29) is 11.8 Å². The molecule has 1 saturated carbocycles. The molecule has 1 amide bonds. The molecule has 4 rings (SSSR count). The van der Waals surface area contributed by atoms with Crippen molar-refractivity contribution in [3.63, 3.8) is 0 Å². The van der Waals surface area contributed by atoms with Crippen molar-refractivity contribution < 1.29 is 14.3 Å². The van der Waals surface area contributed by atoms with Gasteiger partial charge in [-0.2, -0.15) is 0 Å². The van der Waals surface area contributed by atoms with Gasteiger partial charge in [0.1, 0.15) is 0 Å². The number of methoxy groups -OCH3 is 2. The third-order valence-electron chi connectivity index (χ3n) is 5.69. The van der Waals surface area contributed by atoms with Crippen LogP contribution >= 0.6 is 0 Å². The number of nitrogens with zero attached hydrogens (tertiary/aromatic N) is 1. The lowest BCUT2D eigenvalue weighted by Crippen LogP contribution is -2.30. The summed E-state index contributed by atoms with van der Waals surface area (Å²) >= 11 is 0. The summed E-state index contributed by atoms with van der Waals surface area (Å²) in [6, 6.07) is 12.3. The highest BCUT2D eigenvalue weighted by Crippen LogP contribution is 2.34. The molecule has 2 aliphatic rings. The molecule has 2 aromatic carbocycles. The predicted molar refractivity (Wildman–Crippen MR) is 107 cm³/mol. The van der Waals surface area contributed by atoms with Crippen molar-refractivity contribution in [1.29, 1.82) is 0 Å². The van der Waals surface area contributed by atoms with Crippen molar-refractivity contribution in [3.05, 3.63) is 47.5 Å². The number of carbonyl (C=O) groups excluding carboxylic acids is 1. The molecule has 5 nitrogen and oxygen atoms in total. The molecular weight excluding hydrogens is 340 g/mol. The van der Waals surface area contributed by atoms with E-state index in [0.29, 0.717) is 0 Å². The van der Waals surface area contributed by atoms with Crippen molar-refractivity contribution in [2.24, 2.45) is 5.92 Å². The first-order chi connectivity index (χ1) is 13.2. The molecule has 0 saturated heterocycles. The summed E-state index contributed by atoms with van der Waals surface area (Å²) in [7, 11) is 3.34. The van der Waals surface area contributed by atoms with Gasteiger partial charge < -0.3 is 19.7 Å². The topological polar surface area (TPSA) is 50.8 Å². The highest BCUT2D eigenvalue weighted by atomic mass is 16.5. The number of ether oxygens (including phenoxy) is 2. The molecule has 0 radical (unpaired) electrons. The van der Waals surface area contributed by atoms with E-state index in [0.717, 1.165) is 55.2 Å². The largest absolute Gasteiger partial charge is 0.493 e. The summed E-state index contributed by atoms with van der Waals surface area (Å²) in [6.45, 7) is 1.79. The average molecular weight is 366 g/mol. The van der Waals surface area contributed by atoms with Gasteiger partial charge in [-0.25, -0.2) is 0 Å².